The zero-order valence-corrected chi connectivity index (χ0v) is 22.5. The van der Waals surface area contributed by atoms with Gasteiger partial charge in [-0.1, -0.05) is 59.8 Å². The maximum atomic E-state index is 15.1. The number of benzene rings is 3. The quantitative estimate of drug-likeness (QED) is 0.330. The number of carbonyl (C=O) groups is 2. The van der Waals surface area contributed by atoms with E-state index in [1.54, 1.807) is 49.4 Å². The number of hydrogen-bond acceptors (Lipinski definition) is 6. The SMILES string of the molecule is COc1ccccc1NC(=O)C1=C(C)NC(SCC(=O)Nc2ccc(C)cc2)=C(C#N)[C@@H]1c1ccccc1F. The van der Waals surface area contributed by atoms with Crippen molar-refractivity contribution in [2.24, 2.45) is 0 Å². The molecule has 1 atom stereocenters. The lowest BCUT2D eigenvalue weighted by Gasteiger charge is -2.30. The number of hydrogen-bond donors (Lipinski definition) is 3. The predicted octanol–water partition coefficient (Wildman–Crippen LogP) is 5.85. The van der Waals surface area contributed by atoms with Gasteiger partial charge in [0.2, 0.25) is 5.91 Å². The van der Waals surface area contributed by atoms with Crippen LogP contribution in [0.2, 0.25) is 0 Å². The normalized spacial score (nSPS) is 14.8. The molecule has 0 unspecified atom stereocenters. The zero-order chi connectivity index (χ0) is 27.9. The molecule has 0 radical (unpaired) electrons. The maximum Gasteiger partial charge on any atom is 0.254 e. The molecular formula is C30H27FN4O3S. The molecule has 0 bridgehead atoms. The molecule has 198 valence electrons. The Kier molecular flexibility index (Phi) is 8.69. The monoisotopic (exact) mass is 542 g/mol. The largest absolute Gasteiger partial charge is 0.495 e. The summed E-state index contributed by atoms with van der Waals surface area (Å²) in [4.78, 5) is 26.3. The summed E-state index contributed by atoms with van der Waals surface area (Å²) < 4.78 is 20.5. The molecule has 3 aromatic carbocycles. The Balaban J connectivity index is 1.65. The Morgan fingerprint density at radius 3 is 2.41 bits per heavy atom. The molecule has 1 heterocycles. The summed E-state index contributed by atoms with van der Waals surface area (Å²) in [6, 6.07) is 22.5. The van der Waals surface area contributed by atoms with Gasteiger partial charge in [0.05, 0.1) is 41.1 Å². The second kappa shape index (κ2) is 12.3. The van der Waals surface area contributed by atoms with E-state index in [4.69, 9.17) is 4.74 Å². The summed E-state index contributed by atoms with van der Waals surface area (Å²) in [5.41, 5.74) is 3.13. The Hall–Kier alpha value is -4.55. The van der Waals surface area contributed by atoms with Crippen molar-refractivity contribution in [2.75, 3.05) is 23.5 Å². The molecule has 0 aromatic heterocycles. The van der Waals surface area contributed by atoms with Crippen LogP contribution in [0.5, 0.6) is 5.75 Å². The van der Waals surface area contributed by atoms with E-state index in [-0.39, 0.29) is 28.4 Å². The minimum Gasteiger partial charge on any atom is -0.495 e. The van der Waals surface area contributed by atoms with Gasteiger partial charge in [0.15, 0.2) is 0 Å². The number of carbonyl (C=O) groups excluding carboxylic acids is 2. The lowest BCUT2D eigenvalue weighted by atomic mass is 9.82. The zero-order valence-electron chi connectivity index (χ0n) is 21.7. The molecule has 0 saturated heterocycles. The summed E-state index contributed by atoms with van der Waals surface area (Å²) in [6.07, 6.45) is 0. The topological polar surface area (TPSA) is 103 Å². The minimum absolute atomic E-state index is 0.00139. The number of dihydropyridines is 1. The summed E-state index contributed by atoms with van der Waals surface area (Å²) in [5.74, 6) is -1.85. The smallest absolute Gasteiger partial charge is 0.254 e. The van der Waals surface area contributed by atoms with E-state index in [0.29, 0.717) is 27.9 Å². The molecular weight excluding hydrogens is 515 g/mol. The van der Waals surface area contributed by atoms with Crippen LogP contribution in [0.25, 0.3) is 0 Å². The van der Waals surface area contributed by atoms with E-state index in [0.717, 1.165) is 17.3 Å². The van der Waals surface area contributed by atoms with Gasteiger partial charge in [-0.15, -0.1) is 0 Å². The highest BCUT2D eigenvalue weighted by Crippen LogP contribution is 2.42. The Bertz CT molecular complexity index is 1510. The molecule has 1 aliphatic rings. The van der Waals surface area contributed by atoms with Crippen molar-refractivity contribution < 1.29 is 18.7 Å². The first-order chi connectivity index (χ1) is 18.8. The second-order valence-electron chi connectivity index (χ2n) is 8.83. The maximum absolute atomic E-state index is 15.1. The fourth-order valence-electron chi connectivity index (χ4n) is 4.26. The molecule has 0 fully saturated rings. The number of amides is 2. The van der Waals surface area contributed by atoms with Crippen molar-refractivity contribution in [3.8, 4) is 11.8 Å². The standard InChI is InChI=1S/C30H27FN4O3S/c1-18-12-14-20(15-13-18)34-26(36)17-39-30-22(16-32)28(21-8-4-5-9-23(21)31)27(19(2)33-30)29(37)35-24-10-6-7-11-25(24)38-3/h4-15,28,33H,17H2,1-3H3,(H,34,36)(H,35,37)/t28-/m0/s1. The number of halogens is 1. The van der Waals surface area contributed by atoms with E-state index < -0.39 is 17.6 Å². The van der Waals surface area contributed by atoms with E-state index in [9.17, 15) is 14.9 Å². The highest BCUT2D eigenvalue weighted by atomic mass is 32.2. The molecule has 1 aliphatic heterocycles. The highest BCUT2D eigenvalue weighted by molar-refractivity contribution is 8.03. The number of anilines is 2. The molecule has 7 nitrogen and oxygen atoms in total. The number of rotatable bonds is 8. The third-order valence-corrected chi connectivity index (χ3v) is 7.16. The Morgan fingerprint density at radius 1 is 1.03 bits per heavy atom. The van der Waals surface area contributed by atoms with Crippen LogP contribution in [0.15, 0.2) is 94.7 Å². The molecule has 3 aromatic rings. The van der Waals surface area contributed by atoms with Crippen LogP contribution < -0.4 is 20.7 Å². The summed E-state index contributed by atoms with van der Waals surface area (Å²) in [5, 5.41) is 19.4. The van der Waals surface area contributed by atoms with E-state index in [2.05, 4.69) is 22.0 Å². The van der Waals surface area contributed by atoms with Crippen LogP contribution in [0.4, 0.5) is 15.8 Å². The van der Waals surface area contributed by atoms with Crippen molar-refractivity contribution in [3.05, 3.63) is 112 Å². The summed E-state index contributed by atoms with van der Waals surface area (Å²) in [6.45, 7) is 3.64. The number of allylic oxidation sites excluding steroid dienone is 2. The van der Waals surface area contributed by atoms with Gasteiger partial charge < -0.3 is 20.7 Å². The average molecular weight is 543 g/mol. The van der Waals surface area contributed by atoms with Crippen LogP contribution in [0.3, 0.4) is 0 Å². The lowest BCUT2D eigenvalue weighted by Crippen LogP contribution is -2.31. The first-order valence-electron chi connectivity index (χ1n) is 12.1. The number of thioether (sulfide) groups is 1. The minimum atomic E-state index is -0.991. The van der Waals surface area contributed by atoms with E-state index in [1.165, 1.54) is 13.2 Å². The third-order valence-electron chi connectivity index (χ3n) is 6.15. The fraction of sp³-hybridized carbons (Fsp3) is 0.167. The van der Waals surface area contributed by atoms with Gasteiger partial charge in [-0.05, 0) is 44.2 Å². The van der Waals surface area contributed by atoms with Crippen LogP contribution in [-0.2, 0) is 9.59 Å². The molecule has 2 amide bonds. The molecule has 4 rings (SSSR count). The van der Waals surface area contributed by atoms with Gasteiger partial charge in [0, 0.05) is 22.5 Å². The average Bonchev–Trinajstić information content (AvgIpc) is 2.93. The van der Waals surface area contributed by atoms with E-state index >= 15 is 4.39 Å². The van der Waals surface area contributed by atoms with Crippen molar-refractivity contribution >= 4 is 35.0 Å². The number of aryl methyl sites for hydroxylation is 1. The lowest BCUT2D eigenvalue weighted by molar-refractivity contribution is -0.114. The first kappa shape index (κ1) is 27.5. The van der Waals surface area contributed by atoms with Crippen LogP contribution >= 0.6 is 11.8 Å². The number of ether oxygens (including phenoxy) is 1. The van der Waals surface area contributed by atoms with Gasteiger partial charge in [-0.2, -0.15) is 5.26 Å². The molecule has 0 aliphatic carbocycles. The fourth-order valence-corrected chi connectivity index (χ4v) is 5.15. The number of para-hydroxylation sites is 2. The Morgan fingerprint density at radius 2 is 1.72 bits per heavy atom. The molecule has 0 saturated carbocycles. The number of nitrogens with one attached hydrogen (secondary N) is 3. The van der Waals surface area contributed by atoms with Crippen molar-refractivity contribution in [1.82, 2.24) is 5.32 Å². The summed E-state index contributed by atoms with van der Waals surface area (Å²) in [7, 11) is 1.49. The summed E-state index contributed by atoms with van der Waals surface area (Å²) >= 11 is 1.12. The third kappa shape index (κ3) is 6.30. The van der Waals surface area contributed by atoms with Gasteiger partial charge in [-0.3, -0.25) is 9.59 Å². The Labute approximate surface area is 230 Å². The van der Waals surface area contributed by atoms with Crippen LogP contribution in [0.1, 0.15) is 24.0 Å². The number of nitrogens with zero attached hydrogens (tertiary/aromatic N) is 1. The van der Waals surface area contributed by atoms with Crippen molar-refractivity contribution in [1.29, 1.82) is 5.26 Å². The van der Waals surface area contributed by atoms with E-state index in [1.807, 2.05) is 31.2 Å². The highest BCUT2D eigenvalue weighted by Gasteiger charge is 2.36. The van der Waals surface area contributed by atoms with Gasteiger partial charge in [0.1, 0.15) is 11.6 Å². The molecule has 3 N–H and O–H groups in total. The van der Waals surface area contributed by atoms with Gasteiger partial charge in [-0.25, -0.2) is 4.39 Å². The van der Waals surface area contributed by atoms with Crippen molar-refractivity contribution in [3.63, 3.8) is 0 Å². The first-order valence-corrected chi connectivity index (χ1v) is 13.1. The van der Waals surface area contributed by atoms with Crippen LogP contribution in [0, 0.1) is 24.1 Å². The van der Waals surface area contributed by atoms with Gasteiger partial charge >= 0.3 is 0 Å². The predicted molar refractivity (Wildman–Crippen MR) is 152 cm³/mol. The molecule has 0 spiro atoms. The number of methoxy groups -OCH3 is 1. The van der Waals surface area contributed by atoms with Crippen molar-refractivity contribution in [2.45, 2.75) is 19.8 Å². The van der Waals surface area contributed by atoms with Gasteiger partial charge in [0.25, 0.3) is 5.91 Å². The second-order valence-corrected chi connectivity index (χ2v) is 9.82. The van der Waals surface area contributed by atoms with Crippen LogP contribution in [-0.4, -0.2) is 24.7 Å². The number of nitriles is 1. The molecule has 39 heavy (non-hydrogen) atoms. The molecule has 9 heteroatoms.